The Hall–Kier alpha value is -3.35. The number of carbonyl (C=O) groups excluding carboxylic acids is 1. The van der Waals surface area contributed by atoms with Crippen molar-refractivity contribution in [2.75, 3.05) is 14.2 Å². The van der Waals surface area contributed by atoms with Gasteiger partial charge in [-0.1, -0.05) is 35.5 Å². The zero-order valence-electron chi connectivity index (χ0n) is 15.3. The Kier molecular flexibility index (Phi) is 6.04. The molecule has 140 valence electrons. The lowest BCUT2D eigenvalue weighted by molar-refractivity contribution is -0.121. The predicted molar refractivity (Wildman–Crippen MR) is 99.4 cm³/mol. The summed E-state index contributed by atoms with van der Waals surface area (Å²) >= 11 is 0. The van der Waals surface area contributed by atoms with Gasteiger partial charge in [0.15, 0.2) is 0 Å². The summed E-state index contributed by atoms with van der Waals surface area (Å²) in [4.78, 5) is 16.3. The van der Waals surface area contributed by atoms with Gasteiger partial charge in [-0.25, -0.2) is 0 Å². The molecule has 2 aromatic carbocycles. The van der Waals surface area contributed by atoms with Crippen LogP contribution in [0.1, 0.15) is 17.9 Å². The first-order valence-corrected chi connectivity index (χ1v) is 8.54. The van der Waals surface area contributed by atoms with Gasteiger partial charge in [-0.2, -0.15) is 4.98 Å². The minimum absolute atomic E-state index is 0.0679. The number of hydrogen-bond donors (Lipinski definition) is 1. The number of aryl methyl sites for hydroxylation is 1. The minimum Gasteiger partial charge on any atom is -0.497 e. The summed E-state index contributed by atoms with van der Waals surface area (Å²) in [7, 11) is 3.15. The Bertz CT molecular complexity index is 871. The molecule has 0 aliphatic rings. The molecule has 0 unspecified atom stereocenters. The third-order valence-electron chi connectivity index (χ3n) is 4.00. The number of nitrogens with one attached hydrogen (secondary N) is 1. The van der Waals surface area contributed by atoms with E-state index in [1.54, 1.807) is 32.4 Å². The summed E-state index contributed by atoms with van der Waals surface area (Å²) in [5.74, 6) is 1.93. The van der Waals surface area contributed by atoms with Crippen molar-refractivity contribution in [3.63, 3.8) is 0 Å². The summed E-state index contributed by atoms with van der Waals surface area (Å²) in [6.07, 6.45) is 1.09. The molecule has 1 heterocycles. The third-order valence-corrected chi connectivity index (χ3v) is 4.00. The Morgan fingerprint density at radius 1 is 1.07 bits per heavy atom. The molecule has 0 saturated heterocycles. The van der Waals surface area contributed by atoms with Crippen LogP contribution in [0, 0.1) is 0 Å². The highest BCUT2D eigenvalue weighted by Gasteiger charge is 2.12. The maximum atomic E-state index is 12.0. The van der Waals surface area contributed by atoms with E-state index in [0.717, 1.165) is 5.56 Å². The van der Waals surface area contributed by atoms with Crippen molar-refractivity contribution in [1.82, 2.24) is 15.5 Å². The summed E-state index contributed by atoms with van der Waals surface area (Å²) in [5.41, 5.74) is 1.83. The molecule has 0 radical (unpaired) electrons. The van der Waals surface area contributed by atoms with Crippen LogP contribution in [-0.2, 0) is 17.8 Å². The second-order valence-electron chi connectivity index (χ2n) is 5.88. The van der Waals surface area contributed by atoms with E-state index < -0.39 is 0 Å². The van der Waals surface area contributed by atoms with Gasteiger partial charge < -0.3 is 19.3 Å². The third kappa shape index (κ3) is 5.07. The number of rotatable bonds is 8. The van der Waals surface area contributed by atoms with Gasteiger partial charge in [0.05, 0.1) is 20.8 Å². The van der Waals surface area contributed by atoms with E-state index in [1.165, 1.54) is 0 Å². The molecule has 3 aromatic rings. The van der Waals surface area contributed by atoms with Crippen LogP contribution in [0.25, 0.3) is 11.4 Å². The van der Waals surface area contributed by atoms with Crippen LogP contribution in [0.4, 0.5) is 0 Å². The quantitative estimate of drug-likeness (QED) is 0.659. The largest absolute Gasteiger partial charge is 0.497 e. The molecule has 0 saturated carbocycles. The minimum atomic E-state index is -0.0679. The Balaban J connectivity index is 1.57. The lowest BCUT2D eigenvalue weighted by Gasteiger charge is -2.05. The van der Waals surface area contributed by atoms with Crippen molar-refractivity contribution in [3.05, 3.63) is 60.0 Å². The van der Waals surface area contributed by atoms with Gasteiger partial charge in [0.2, 0.25) is 17.6 Å². The number of benzene rings is 2. The van der Waals surface area contributed by atoms with Crippen LogP contribution in [-0.4, -0.2) is 30.3 Å². The number of amides is 1. The molecule has 0 atom stereocenters. The van der Waals surface area contributed by atoms with Gasteiger partial charge in [-0.05, 0) is 24.1 Å². The molecule has 1 aromatic heterocycles. The fraction of sp³-hybridized carbons (Fsp3) is 0.250. The molecule has 0 spiro atoms. The Labute approximate surface area is 157 Å². The molecule has 0 aliphatic carbocycles. The molecule has 0 aliphatic heterocycles. The van der Waals surface area contributed by atoms with E-state index in [4.69, 9.17) is 14.0 Å². The van der Waals surface area contributed by atoms with Gasteiger partial charge in [0.25, 0.3) is 0 Å². The average Bonchev–Trinajstić information content (AvgIpc) is 3.20. The number of carbonyl (C=O) groups is 1. The number of hydrogen-bond acceptors (Lipinski definition) is 6. The Morgan fingerprint density at radius 3 is 2.44 bits per heavy atom. The van der Waals surface area contributed by atoms with Gasteiger partial charge in [-0.3, -0.25) is 4.79 Å². The molecule has 7 heteroatoms. The van der Waals surface area contributed by atoms with Gasteiger partial charge >= 0.3 is 0 Å². The number of ether oxygens (including phenoxy) is 2. The van der Waals surface area contributed by atoms with E-state index >= 15 is 0 Å². The molecule has 3 rings (SSSR count). The number of nitrogens with zero attached hydrogens (tertiary/aromatic N) is 2. The zero-order valence-corrected chi connectivity index (χ0v) is 15.3. The summed E-state index contributed by atoms with van der Waals surface area (Å²) in [6, 6.07) is 15.2. The van der Waals surface area contributed by atoms with Gasteiger partial charge in [0, 0.05) is 18.1 Å². The first kappa shape index (κ1) is 18.4. The monoisotopic (exact) mass is 367 g/mol. The van der Waals surface area contributed by atoms with Crippen LogP contribution in [0.15, 0.2) is 53.1 Å². The van der Waals surface area contributed by atoms with Crippen molar-refractivity contribution in [2.24, 2.45) is 0 Å². The first-order chi connectivity index (χ1) is 13.2. The SMILES string of the molecule is COc1cc(OC)cc(-c2noc(CNC(=O)CCc3ccccc3)n2)c1. The van der Waals surface area contributed by atoms with Crippen molar-refractivity contribution >= 4 is 5.91 Å². The first-order valence-electron chi connectivity index (χ1n) is 8.54. The summed E-state index contributed by atoms with van der Waals surface area (Å²) in [5, 5.41) is 6.75. The fourth-order valence-corrected chi connectivity index (χ4v) is 2.55. The zero-order chi connectivity index (χ0) is 19.1. The molecule has 7 nitrogen and oxygen atoms in total. The molecular weight excluding hydrogens is 346 g/mol. The van der Waals surface area contributed by atoms with Crippen LogP contribution in [0.5, 0.6) is 11.5 Å². The van der Waals surface area contributed by atoms with E-state index in [9.17, 15) is 4.79 Å². The highest BCUT2D eigenvalue weighted by Crippen LogP contribution is 2.28. The van der Waals surface area contributed by atoms with Crippen LogP contribution in [0.3, 0.4) is 0 Å². The van der Waals surface area contributed by atoms with Gasteiger partial charge in [-0.15, -0.1) is 0 Å². The van der Waals surface area contributed by atoms with Crippen molar-refractivity contribution in [2.45, 2.75) is 19.4 Å². The number of aromatic nitrogens is 2. The lowest BCUT2D eigenvalue weighted by atomic mass is 10.1. The van der Waals surface area contributed by atoms with Crippen molar-refractivity contribution in [1.29, 1.82) is 0 Å². The van der Waals surface area contributed by atoms with Crippen molar-refractivity contribution < 1.29 is 18.8 Å². The van der Waals surface area contributed by atoms with E-state index in [2.05, 4.69) is 15.5 Å². The standard InChI is InChI=1S/C20H21N3O4/c1-25-16-10-15(11-17(12-16)26-2)20-22-19(27-23-20)13-21-18(24)9-8-14-6-4-3-5-7-14/h3-7,10-12H,8-9,13H2,1-2H3,(H,21,24). The van der Waals surface area contributed by atoms with E-state index in [1.807, 2.05) is 30.3 Å². The fourth-order valence-electron chi connectivity index (χ4n) is 2.55. The highest BCUT2D eigenvalue weighted by molar-refractivity contribution is 5.76. The smallest absolute Gasteiger partial charge is 0.246 e. The van der Waals surface area contributed by atoms with Crippen LogP contribution in [0.2, 0.25) is 0 Å². The highest BCUT2D eigenvalue weighted by atomic mass is 16.5. The molecule has 0 fully saturated rings. The topological polar surface area (TPSA) is 86.5 Å². The second kappa shape index (κ2) is 8.84. The van der Waals surface area contributed by atoms with Gasteiger partial charge in [0.1, 0.15) is 11.5 Å². The van der Waals surface area contributed by atoms with Crippen molar-refractivity contribution in [3.8, 4) is 22.9 Å². The lowest BCUT2D eigenvalue weighted by Crippen LogP contribution is -2.23. The molecule has 27 heavy (non-hydrogen) atoms. The molecule has 0 bridgehead atoms. The average molecular weight is 367 g/mol. The maximum Gasteiger partial charge on any atom is 0.246 e. The van der Waals surface area contributed by atoms with E-state index in [-0.39, 0.29) is 12.5 Å². The normalized spacial score (nSPS) is 10.4. The maximum absolute atomic E-state index is 12.0. The Morgan fingerprint density at radius 2 is 1.78 bits per heavy atom. The van der Waals surface area contributed by atoms with Crippen LogP contribution < -0.4 is 14.8 Å². The number of methoxy groups -OCH3 is 2. The molecule has 1 N–H and O–H groups in total. The second-order valence-corrected chi connectivity index (χ2v) is 5.88. The predicted octanol–water partition coefficient (Wildman–Crippen LogP) is 3.00. The molecular formula is C20H21N3O4. The summed E-state index contributed by atoms with van der Waals surface area (Å²) in [6.45, 7) is 0.182. The molecule has 1 amide bonds. The summed E-state index contributed by atoms with van der Waals surface area (Å²) < 4.78 is 15.7. The van der Waals surface area contributed by atoms with Crippen LogP contribution >= 0.6 is 0 Å². The van der Waals surface area contributed by atoms with E-state index in [0.29, 0.717) is 41.6 Å².